The van der Waals surface area contributed by atoms with Crippen LogP contribution in [0.3, 0.4) is 0 Å². The largest absolute Gasteiger partial charge is 0.467 e. The molecule has 192 valence electrons. The Hall–Kier alpha value is -0.946. The predicted octanol–water partition coefficient (Wildman–Crippen LogP) is 7.37. The Morgan fingerprint density at radius 2 is 1.00 bits per heavy atom. The van der Waals surface area contributed by atoms with Crippen LogP contribution in [-0.2, 0) is 26.2 Å². The van der Waals surface area contributed by atoms with E-state index in [2.05, 4.69) is 103 Å². The summed E-state index contributed by atoms with van der Waals surface area (Å²) in [7, 11) is -3.17. The van der Waals surface area contributed by atoms with E-state index in [1.54, 1.807) is 0 Å². The van der Waals surface area contributed by atoms with Crippen LogP contribution in [0.4, 0.5) is 0 Å². The predicted molar refractivity (Wildman–Crippen MR) is 161 cm³/mol. The van der Waals surface area contributed by atoms with E-state index in [1.807, 2.05) is 0 Å². The van der Waals surface area contributed by atoms with Crippen LogP contribution in [0, 0.1) is 11.8 Å². The van der Waals surface area contributed by atoms with E-state index in [4.69, 9.17) is 8.83 Å². The number of rotatable bonds is 8. The monoisotopic (exact) mass is 610 g/mol. The first-order valence-corrected chi connectivity index (χ1v) is 22.3. The van der Waals surface area contributed by atoms with Gasteiger partial charge >= 0.3 is 0 Å². The molecule has 2 unspecified atom stereocenters. The van der Waals surface area contributed by atoms with Gasteiger partial charge in [-0.3, -0.25) is 0 Å². The summed E-state index contributed by atoms with van der Waals surface area (Å²) in [6.45, 7) is 23.3. The summed E-state index contributed by atoms with van der Waals surface area (Å²) >= 11 is 0. The average Bonchev–Trinajstić information content (AvgIpc) is 3.52. The summed E-state index contributed by atoms with van der Waals surface area (Å²) in [6.07, 6.45) is 4.77. The van der Waals surface area contributed by atoms with Gasteiger partial charge < -0.3 is 8.83 Å². The number of hydrogen-bond acceptors (Lipinski definition) is 2. The standard InChI is InChI=1S/C30H44O2Si3.Zr/c1-19-15-23(27-11-13-29(31-27)34(5,6)7)25(21(19)3)17-33-18-26-22(4)20(2)16-24(26)28-12-14-30(32-28)35(8,9)10;/h11-16,25-26H,17-18,33H2,1-10H3;. The molecule has 0 aromatic carbocycles. The second kappa shape index (κ2) is 11.0. The zero-order chi connectivity index (χ0) is 25.7. The fraction of sp³-hybridized carbons (Fsp3) is 0.467. The van der Waals surface area contributed by atoms with Crippen molar-refractivity contribution in [2.75, 3.05) is 0 Å². The molecule has 0 amide bonds. The zero-order valence-corrected chi connectivity index (χ0v) is 29.9. The van der Waals surface area contributed by atoms with Gasteiger partial charge in [0.25, 0.3) is 0 Å². The summed E-state index contributed by atoms with van der Waals surface area (Å²) in [5.74, 6) is 3.23. The van der Waals surface area contributed by atoms with Crippen LogP contribution >= 0.6 is 0 Å². The molecule has 2 aromatic heterocycles. The molecule has 2 aromatic rings. The molecule has 0 aliphatic heterocycles. The second-order valence-corrected chi connectivity index (χ2v) is 24.6. The molecule has 2 heterocycles. The van der Waals surface area contributed by atoms with Crippen LogP contribution in [0.5, 0.6) is 0 Å². The molecule has 2 atom stereocenters. The van der Waals surface area contributed by atoms with Gasteiger partial charge in [0.1, 0.15) is 27.7 Å². The Morgan fingerprint density at radius 3 is 1.31 bits per heavy atom. The molecule has 0 saturated carbocycles. The Labute approximate surface area is 242 Å². The van der Waals surface area contributed by atoms with E-state index in [-0.39, 0.29) is 35.7 Å². The first-order chi connectivity index (χ1) is 16.3. The SMILES string of the molecule is CC1=C(C)C(C[SiH2]CC2C(c3ccc([Si](C)(C)C)o3)=CC(C)=C2C)C(c2ccc([Si](C)(C)C)o2)=C1.[Zr]. The molecule has 6 heteroatoms. The molecule has 2 nitrogen and oxygen atoms in total. The van der Waals surface area contributed by atoms with Gasteiger partial charge in [-0.1, -0.05) is 85.8 Å². The summed E-state index contributed by atoms with van der Waals surface area (Å²) < 4.78 is 12.9. The normalized spacial score (nSPS) is 21.1. The van der Waals surface area contributed by atoms with Crippen molar-refractivity contribution in [2.45, 2.75) is 79.1 Å². The van der Waals surface area contributed by atoms with Crippen LogP contribution in [0.2, 0.25) is 51.4 Å². The molecule has 0 saturated heterocycles. The van der Waals surface area contributed by atoms with Crippen LogP contribution in [-0.4, -0.2) is 25.7 Å². The van der Waals surface area contributed by atoms with Crippen molar-refractivity contribution < 1.29 is 35.0 Å². The molecular formula is C30H44O2Si3Zr. The summed E-state index contributed by atoms with van der Waals surface area (Å²) in [6, 6.07) is 11.5. The first kappa shape index (κ1) is 29.6. The first-order valence-electron chi connectivity index (χ1n) is 13.3. The molecular weight excluding hydrogens is 568 g/mol. The van der Waals surface area contributed by atoms with E-state index >= 15 is 0 Å². The Bertz CT molecular complexity index is 1150. The topological polar surface area (TPSA) is 26.3 Å². The third kappa shape index (κ3) is 6.03. The maximum atomic E-state index is 6.43. The van der Waals surface area contributed by atoms with Crippen molar-refractivity contribution in [3.8, 4) is 0 Å². The Morgan fingerprint density at radius 1 is 0.639 bits per heavy atom. The van der Waals surface area contributed by atoms with Gasteiger partial charge in [-0.2, -0.15) is 0 Å². The van der Waals surface area contributed by atoms with Gasteiger partial charge in [0.2, 0.25) is 0 Å². The molecule has 4 rings (SSSR count). The minimum atomic E-state index is -1.44. The van der Waals surface area contributed by atoms with E-state index in [0.29, 0.717) is 11.8 Å². The van der Waals surface area contributed by atoms with Crippen molar-refractivity contribution in [1.29, 1.82) is 0 Å². The van der Waals surface area contributed by atoms with Gasteiger partial charge in [0.05, 0.1) is 10.8 Å². The van der Waals surface area contributed by atoms with Gasteiger partial charge in [-0.25, -0.2) is 0 Å². The minimum absolute atomic E-state index is 0. The van der Waals surface area contributed by atoms with E-state index in [1.165, 1.54) is 56.3 Å². The van der Waals surface area contributed by atoms with Crippen molar-refractivity contribution in [2.24, 2.45) is 11.8 Å². The van der Waals surface area contributed by atoms with Gasteiger partial charge in [0.15, 0.2) is 0 Å². The number of furan rings is 2. The fourth-order valence-electron chi connectivity index (χ4n) is 5.46. The molecule has 2 aliphatic rings. The Kier molecular flexibility index (Phi) is 9.08. The van der Waals surface area contributed by atoms with Crippen LogP contribution < -0.4 is 10.8 Å². The molecule has 36 heavy (non-hydrogen) atoms. The molecule has 0 N–H and O–H groups in total. The maximum Gasteiger partial charge on any atom is 0.130 e. The molecule has 0 spiro atoms. The van der Waals surface area contributed by atoms with Gasteiger partial charge in [0, 0.05) is 58.7 Å². The number of hydrogen-bond donors (Lipinski definition) is 0. The van der Waals surface area contributed by atoms with E-state index < -0.39 is 16.1 Å². The van der Waals surface area contributed by atoms with Crippen LogP contribution in [0.25, 0.3) is 11.1 Å². The third-order valence-electron chi connectivity index (χ3n) is 8.03. The molecule has 0 radical (unpaired) electrons. The molecule has 0 bridgehead atoms. The van der Waals surface area contributed by atoms with Gasteiger partial charge in [-0.05, 0) is 52.0 Å². The fourth-order valence-corrected chi connectivity index (χ4v) is 10.00. The summed E-state index contributed by atoms with van der Waals surface area (Å²) in [4.78, 5) is 0. The van der Waals surface area contributed by atoms with Crippen molar-refractivity contribution in [3.63, 3.8) is 0 Å². The average molecular weight is 612 g/mol. The number of allylic oxidation sites excluding steroid dienone is 8. The smallest absolute Gasteiger partial charge is 0.130 e. The van der Waals surface area contributed by atoms with Crippen molar-refractivity contribution in [1.82, 2.24) is 0 Å². The second-order valence-electron chi connectivity index (χ2n) is 12.8. The van der Waals surface area contributed by atoms with Crippen LogP contribution in [0.15, 0.2) is 67.5 Å². The summed E-state index contributed by atoms with van der Waals surface area (Å²) in [5.41, 5.74) is 8.74. The Balaban J connectivity index is 0.00000361. The van der Waals surface area contributed by atoms with E-state index in [0.717, 1.165) is 11.5 Å². The van der Waals surface area contributed by atoms with E-state index in [9.17, 15) is 0 Å². The maximum absolute atomic E-state index is 6.43. The molecule has 0 fully saturated rings. The van der Waals surface area contributed by atoms with Crippen LogP contribution in [0.1, 0.15) is 39.2 Å². The van der Waals surface area contributed by atoms with Crippen molar-refractivity contribution in [3.05, 3.63) is 70.2 Å². The van der Waals surface area contributed by atoms with Gasteiger partial charge in [-0.15, -0.1) is 0 Å². The third-order valence-corrected chi connectivity index (χ3v) is 13.5. The molecule has 2 aliphatic carbocycles. The van der Waals surface area contributed by atoms with Crippen molar-refractivity contribution >= 4 is 47.6 Å². The summed E-state index contributed by atoms with van der Waals surface area (Å²) in [5, 5.41) is 2.42. The quantitative estimate of drug-likeness (QED) is 0.292. The minimum Gasteiger partial charge on any atom is -0.467 e. The zero-order valence-electron chi connectivity index (χ0n) is 24.1.